The third-order valence-corrected chi connectivity index (χ3v) is 5.53. The molecule has 3 rings (SSSR count). The van der Waals surface area contributed by atoms with Crippen LogP contribution >= 0.6 is 11.8 Å². The third kappa shape index (κ3) is 2.90. The summed E-state index contributed by atoms with van der Waals surface area (Å²) in [7, 11) is 0. The quantitative estimate of drug-likeness (QED) is 0.917. The Morgan fingerprint density at radius 3 is 2.86 bits per heavy atom. The van der Waals surface area contributed by atoms with Gasteiger partial charge in [0.05, 0.1) is 17.5 Å². The maximum atomic E-state index is 12.6. The fourth-order valence-electron chi connectivity index (χ4n) is 2.72. The topological polar surface area (TPSA) is 70.5 Å². The van der Waals surface area contributed by atoms with Gasteiger partial charge in [-0.25, -0.2) is 4.79 Å². The minimum absolute atomic E-state index is 0.0302. The van der Waals surface area contributed by atoms with Crippen molar-refractivity contribution in [2.24, 2.45) is 5.92 Å². The molecule has 1 amide bonds. The van der Waals surface area contributed by atoms with E-state index in [0.29, 0.717) is 11.7 Å². The van der Waals surface area contributed by atoms with Crippen molar-refractivity contribution in [1.29, 1.82) is 0 Å². The normalized spacial score (nSPS) is 25.1. The zero-order chi connectivity index (χ0) is 15.0. The molecule has 1 N–H and O–H groups in total. The second-order valence-corrected chi connectivity index (χ2v) is 6.81. The van der Waals surface area contributed by atoms with Crippen molar-refractivity contribution in [2.75, 3.05) is 5.75 Å². The van der Waals surface area contributed by atoms with E-state index in [9.17, 15) is 14.7 Å². The first-order chi connectivity index (χ1) is 10.1. The Balaban J connectivity index is 1.79. The average molecular weight is 306 g/mol. The summed E-state index contributed by atoms with van der Waals surface area (Å²) in [6, 6.07) is 3.06. The Labute approximate surface area is 127 Å². The highest BCUT2D eigenvalue weighted by atomic mass is 32.2. The van der Waals surface area contributed by atoms with Crippen LogP contribution in [0.4, 0.5) is 0 Å². The summed E-state index contributed by atoms with van der Waals surface area (Å²) in [6.07, 6.45) is 4.04. The van der Waals surface area contributed by atoms with Gasteiger partial charge in [0.15, 0.2) is 0 Å². The standard InChI is InChI=1S/C15H18N2O3S/c1-9-3-2-6-16-11(9)7-13(18)17-12(15(19)20)8-21-14(17)10-4-5-10/h2-3,6,10,12,14H,4-5,7-8H2,1H3,(H,19,20). The largest absolute Gasteiger partial charge is 0.480 e. The van der Waals surface area contributed by atoms with Gasteiger partial charge in [0.25, 0.3) is 0 Å². The number of aromatic nitrogens is 1. The van der Waals surface area contributed by atoms with Crippen molar-refractivity contribution in [3.8, 4) is 0 Å². The van der Waals surface area contributed by atoms with Crippen LogP contribution in [0.15, 0.2) is 18.3 Å². The number of nitrogens with zero attached hydrogens (tertiary/aromatic N) is 2. The fraction of sp³-hybridized carbons (Fsp3) is 0.533. The molecule has 0 bridgehead atoms. The summed E-state index contributed by atoms with van der Waals surface area (Å²) < 4.78 is 0. The van der Waals surface area contributed by atoms with Gasteiger partial charge in [-0.05, 0) is 37.3 Å². The van der Waals surface area contributed by atoms with Crippen molar-refractivity contribution in [1.82, 2.24) is 9.88 Å². The Morgan fingerprint density at radius 1 is 1.48 bits per heavy atom. The summed E-state index contributed by atoms with van der Waals surface area (Å²) in [5.41, 5.74) is 1.70. The highest BCUT2D eigenvalue weighted by Gasteiger charge is 2.47. The number of rotatable bonds is 4. The van der Waals surface area contributed by atoms with E-state index in [1.54, 1.807) is 22.9 Å². The van der Waals surface area contributed by atoms with Gasteiger partial charge in [-0.2, -0.15) is 0 Å². The molecule has 0 spiro atoms. The monoisotopic (exact) mass is 306 g/mol. The number of amides is 1. The van der Waals surface area contributed by atoms with E-state index in [-0.39, 0.29) is 17.7 Å². The van der Waals surface area contributed by atoms with E-state index in [2.05, 4.69) is 4.98 Å². The van der Waals surface area contributed by atoms with Crippen LogP contribution in [0.1, 0.15) is 24.1 Å². The highest BCUT2D eigenvalue weighted by Crippen LogP contribution is 2.45. The van der Waals surface area contributed by atoms with Crippen molar-refractivity contribution in [3.05, 3.63) is 29.6 Å². The van der Waals surface area contributed by atoms with Crippen LogP contribution < -0.4 is 0 Å². The molecule has 2 aliphatic rings. The first-order valence-electron chi connectivity index (χ1n) is 7.14. The van der Waals surface area contributed by atoms with Crippen LogP contribution in [0.3, 0.4) is 0 Å². The van der Waals surface area contributed by atoms with Gasteiger partial charge in [-0.1, -0.05) is 6.07 Å². The molecule has 2 heterocycles. The Bertz CT molecular complexity index is 574. The Morgan fingerprint density at radius 2 is 2.24 bits per heavy atom. The fourth-order valence-corrected chi connectivity index (χ4v) is 4.37. The predicted molar refractivity (Wildman–Crippen MR) is 79.9 cm³/mol. The number of carbonyl (C=O) groups excluding carboxylic acids is 1. The highest BCUT2D eigenvalue weighted by molar-refractivity contribution is 8.00. The second-order valence-electron chi connectivity index (χ2n) is 5.66. The molecule has 1 aliphatic heterocycles. The van der Waals surface area contributed by atoms with Crippen LogP contribution in [0.5, 0.6) is 0 Å². The molecule has 0 aromatic carbocycles. The molecular formula is C15H18N2O3S. The number of carboxylic acid groups (broad SMARTS) is 1. The minimum Gasteiger partial charge on any atom is -0.480 e. The lowest BCUT2D eigenvalue weighted by atomic mass is 10.1. The van der Waals surface area contributed by atoms with Crippen LogP contribution in [-0.4, -0.2) is 44.0 Å². The van der Waals surface area contributed by atoms with Gasteiger partial charge < -0.3 is 10.0 Å². The maximum Gasteiger partial charge on any atom is 0.327 e. The van der Waals surface area contributed by atoms with Gasteiger partial charge in [0, 0.05) is 11.9 Å². The molecule has 1 saturated heterocycles. The van der Waals surface area contributed by atoms with Gasteiger partial charge >= 0.3 is 5.97 Å². The van der Waals surface area contributed by atoms with E-state index in [4.69, 9.17) is 0 Å². The first kappa shape index (κ1) is 14.4. The number of hydrogen-bond acceptors (Lipinski definition) is 4. The molecule has 2 atom stereocenters. The summed E-state index contributed by atoms with van der Waals surface area (Å²) >= 11 is 1.60. The number of carboxylic acids is 1. The molecule has 1 saturated carbocycles. The van der Waals surface area contributed by atoms with Crippen molar-refractivity contribution in [2.45, 2.75) is 37.6 Å². The number of pyridine rings is 1. The minimum atomic E-state index is -0.906. The Kier molecular flexibility index (Phi) is 3.89. The van der Waals surface area contributed by atoms with Crippen LogP contribution in [0, 0.1) is 12.8 Å². The van der Waals surface area contributed by atoms with Crippen molar-refractivity contribution >= 4 is 23.6 Å². The smallest absolute Gasteiger partial charge is 0.327 e. The van der Waals surface area contributed by atoms with Crippen molar-refractivity contribution in [3.63, 3.8) is 0 Å². The maximum absolute atomic E-state index is 12.6. The molecule has 0 radical (unpaired) electrons. The van der Waals surface area contributed by atoms with Gasteiger partial charge in [0.2, 0.25) is 5.91 Å². The molecule has 1 aromatic heterocycles. The molecule has 21 heavy (non-hydrogen) atoms. The molecule has 1 aromatic rings. The number of thioether (sulfide) groups is 1. The first-order valence-corrected chi connectivity index (χ1v) is 8.19. The van der Waals surface area contributed by atoms with E-state index in [0.717, 1.165) is 24.1 Å². The summed E-state index contributed by atoms with van der Waals surface area (Å²) in [5.74, 6) is -0.0698. The van der Waals surface area contributed by atoms with Gasteiger partial charge in [-0.15, -0.1) is 11.8 Å². The summed E-state index contributed by atoms with van der Waals surface area (Å²) in [4.78, 5) is 29.9. The molecule has 2 unspecified atom stereocenters. The number of aryl methyl sites for hydroxylation is 1. The summed E-state index contributed by atoms with van der Waals surface area (Å²) in [6.45, 7) is 1.92. The van der Waals surface area contributed by atoms with Crippen LogP contribution in [-0.2, 0) is 16.0 Å². The lowest BCUT2D eigenvalue weighted by Gasteiger charge is -2.27. The van der Waals surface area contributed by atoms with E-state index < -0.39 is 12.0 Å². The third-order valence-electron chi connectivity index (χ3n) is 4.07. The molecule has 2 fully saturated rings. The van der Waals surface area contributed by atoms with E-state index >= 15 is 0 Å². The molecular weight excluding hydrogens is 288 g/mol. The van der Waals surface area contributed by atoms with E-state index in [1.807, 2.05) is 19.1 Å². The van der Waals surface area contributed by atoms with Crippen LogP contribution in [0.25, 0.3) is 0 Å². The Hall–Kier alpha value is -1.56. The lowest BCUT2D eigenvalue weighted by Crippen LogP contribution is -2.47. The number of carbonyl (C=O) groups is 2. The van der Waals surface area contributed by atoms with Crippen molar-refractivity contribution < 1.29 is 14.7 Å². The number of hydrogen-bond donors (Lipinski definition) is 1. The SMILES string of the molecule is Cc1cccnc1CC(=O)N1C(C(=O)O)CSC1C1CC1. The molecule has 5 nitrogen and oxygen atoms in total. The van der Waals surface area contributed by atoms with Crippen LogP contribution in [0.2, 0.25) is 0 Å². The summed E-state index contributed by atoms with van der Waals surface area (Å²) in [5, 5.41) is 9.38. The lowest BCUT2D eigenvalue weighted by molar-refractivity contribution is -0.149. The predicted octanol–water partition coefficient (Wildman–Crippen LogP) is 1.70. The van der Waals surface area contributed by atoms with E-state index in [1.165, 1.54) is 0 Å². The van der Waals surface area contributed by atoms with Gasteiger partial charge in [0.1, 0.15) is 6.04 Å². The van der Waals surface area contributed by atoms with Gasteiger partial charge in [-0.3, -0.25) is 9.78 Å². The molecule has 1 aliphatic carbocycles. The zero-order valence-electron chi connectivity index (χ0n) is 11.9. The molecule has 6 heteroatoms. The second kappa shape index (κ2) is 5.67. The average Bonchev–Trinajstić information content (AvgIpc) is 3.19. The zero-order valence-corrected chi connectivity index (χ0v) is 12.7. The number of aliphatic carboxylic acids is 1. The molecule has 112 valence electrons.